The lowest BCUT2D eigenvalue weighted by molar-refractivity contribution is -0.497. The molecule has 2 heteroatoms. The van der Waals surface area contributed by atoms with Crippen LogP contribution in [0.4, 0.5) is 0 Å². The Morgan fingerprint density at radius 3 is 2.64 bits per heavy atom. The second-order valence-corrected chi connectivity index (χ2v) is 3.81. The van der Waals surface area contributed by atoms with E-state index in [9.17, 15) is 0 Å². The lowest BCUT2D eigenvalue weighted by Gasteiger charge is -2.18. The highest BCUT2D eigenvalue weighted by Gasteiger charge is 2.34. The van der Waals surface area contributed by atoms with Gasteiger partial charge in [0.2, 0.25) is 0 Å². The van der Waals surface area contributed by atoms with E-state index in [0.717, 1.165) is 18.8 Å². The zero-order chi connectivity index (χ0) is 8.48. The number of rotatable bonds is 1. The van der Waals surface area contributed by atoms with E-state index in [0.29, 0.717) is 5.97 Å². The molecule has 0 radical (unpaired) electrons. The van der Waals surface area contributed by atoms with E-state index in [1.165, 1.54) is 0 Å². The van der Waals surface area contributed by atoms with E-state index in [2.05, 4.69) is 20.4 Å². The highest BCUT2D eigenvalue weighted by Crippen LogP contribution is 2.19. The molecule has 0 aromatic carbocycles. The molecule has 0 aromatic heterocycles. The molecule has 0 bridgehead atoms. The minimum absolute atomic E-state index is 0.138. The Bertz CT molecular complexity index is 202. The molecule has 62 valence electrons. The fraction of sp³-hybridized carbons (Fsp3) is 0.667. The van der Waals surface area contributed by atoms with Crippen molar-refractivity contribution < 1.29 is 9.16 Å². The molecule has 0 amide bonds. The molecule has 0 spiro atoms. The van der Waals surface area contributed by atoms with Crippen LogP contribution in [0, 0.1) is 5.41 Å². The van der Waals surface area contributed by atoms with Crippen molar-refractivity contribution in [3.63, 3.8) is 0 Å². The maximum absolute atomic E-state index is 5.35. The standard InChI is InChI=1S/C9H15O2/c1-7(2)8-10-5-9(3,4)6-11-8/h1,5-6H2,2-4H3/q+1. The van der Waals surface area contributed by atoms with Gasteiger partial charge in [0.1, 0.15) is 0 Å². The Balaban J connectivity index is 2.65. The van der Waals surface area contributed by atoms with Gasteiger partial charge in [0.15, 0.2) is 13.2 Å². The van der Waals surface area contributed by atoms with Gasteiger partial charge in [-0.05, 0) is 20.8 Å². The molecule has 11 heavy (non-hydrogen) atoms. The summed E-state index contributed by atoms with van der Waals surface area (Å²) in [6.45, 7) is 11.3. The zero-order valence-electron chi connectivity index (χ0n) is 7.44. The molecular formula is C9H15O2+. The van der Waals surface area contributed by atoms with Crippen molar-refractivity contribution in [1.29, 1.82) is 0 Å². The summed E-state index contributed by atoms with van der Waals surface area (Å²) in [5.41, 5.74) is 0.999. The third-order valence-corrected chi connectivity index (χ3v) is 1.54. The van der Waals surface area contributed by atoms with Crippen LogP contribution in [0.3, 0.4) is 0 Å². The van der Waals surface area contributed by atoms with Crippen molar-refractivity contribution in [1.82, 2.24) is 0 Å². The highest BCUT2D eigenvalue weighted by molar-refractivity contribution is 5.87. The molecule has 0 N–H and O–H groups in total. The van der Waals surface area contributed by atoms with Gasteiger partial charge in [-0.1, -0.05) is 6.58 Å². The normalized spacial score (nSPS) is 21.9. The quantitative estimate of drug-likeness (QED) is 0.320. The fourth-order valence-corrected chi connectivity index (χ4v) is 0.852. The van der Waals surface area contributed by atoms with E-state index in [-0.39, 0.29) is 5.41 Å². The lowest BCUT2D eigenvalue weighted by Crippen LogP contribution is -2.32. The molecule has 0 saturated heterocycles. The first-order chi connectivity index (χ1) is 5.01. The first-order valence-electron chi connectivity index (χ1n) is 3.80. The predicted octanol–water partition coefficient (Wildman–Crippen LogP) is 1.68. The molecule has 0 atom stereocenters. The van der Waals surface area contributed by atoms with Gasteiger partial charge in [0.25, 0.3) is 0 Å². The summed E-state index contributed by atoms with van der Waals surface area (Å²) in [6, 6.07) is 0. The molecule has 1 rings (SSSR count). The smallest absolute Gasteiger partial charge is 0.317 e. The van der Waals surface area contributed by atoms with Crippen LogP contribution in [0.2, 0.25) is 0 Å². The summed E-state index contributed by atoms with van der Waals surface area (Å²) in [7, 11) is 0. The average molecular weight is 155 g/mol. The molecule has 0 aromatic rings. The monoisotopic (exact) mass is 155 g/mol. The van der Waals surface area contributed by atoms with Crippen molar-refractivity contribution in [2.75, 3.05) is 13.2 Å². The second-order valence-electron chi connectivity index (χ2n) is 3.81. The Kier molecular flexibility index (Phi) is 2.03. The molecule has 0 unspecified atom stereocenters. The first kappa shape index (κ1) is 8.31. The summed E-state index contributed by atoms with van der Waals surface area (Å²) in [4.78, 5) is 0. The zero-order valence-corrected chi connectivity index (χ0v) is 7.44. The van der Waals surface area contributed by atoms with Gasteiger partial charge in [0, 0.05) is 0 Å². The molecule has 2 nitrogen and oxygen atoms in total. The van der Waals surface area contributed by atoms with Crippen molar-refractivity contribution in [2.45, 2.75) is 20.8 Å². The number of hydrogen-bond acceptors (Lipinski definition) is 1. The summed E-state index contributed by atoms with van der Waals surface area (Å²) in [5, 5.41) is 0. The van der Waals surface area contributed by atoms with Crippen LogP contribution in [0.5, 0.6) is 0 Å². The largest absolute Gasteiger partial charge is 0.514 e. The van der Waals surface area contributed by atoms with Crippen molar-refractivity contribution >= 4 is 5.97 Å². The third kappa shape index (κ3) is 2.07. The number of hydrogen-bond donors (Lipinski definition) is 0. The molecule has 1 heterocycles. The van der Waals surface area contributed by atoms with Crippen LogP contribution in [0.25, 0.3) is 0 Å². The Morgan fingerprint density at radius 1 is 1.64 bits per heavy atom. The molecule has 1 aliphatic heterocycles. The number of ether oxygens (including phenoxy) is 1. The van der Waals surface area contributed by atoms with Crippen LogP contribution in [-0.2, 0) is 9.16 Å². The van der Waals surface area contributed by atoms with Crippen molar-refractivity contribution in [2.24, 2.45) is 5.41 Å². The van der Waals surface area contributed by atoms with Gasteiger partial charge >= 0.3 is 5.97 Å². The number of carbonyl (C=O) groups excluding carboxylic acids is 1. The minimum atomic E-state index is 0.138. The number of cyclic esters (lactones) is 1. The van der Waals surface area contributed by atoms with Gasteiger partial charge in [-0.25, -0.2) is 0 Å². The second kappa shape index (κ2) is 2.68. The molecule has 1 aliphatic rings. The van der Waals surface area contributed by atoms with E-state index in [1.807, 2.05) is 6.92 Å². The molecule has 0 aliphatic carbocycles. The SMILES string of the molecule is C=C(C)C1=[O+]CC(C)(C)CO1. The van der Waals surface area contributed by atoms with Gasteiger partial charge in [-0.3, -0.25) is 0 Å². The fourth-order valence-electron chi connectivity index (χ4n) is 0.852. The summed E-state index contributed by atoms with van der Waals surface area (Å²) < 4.78 is 10.7. The van der Waals surface area contributed by atoms with Crippen LogP contribution < -0.4 is 0 Å². The topological polar surface area (TPSA) is 20.5 Å². The molecule has 0 fully saturated rings. The van der Waals surface area contributed by atoms with Crippen LogP contribution in [0.1, 0.15) is 20.8 Å². The van der Waals surface area contributed by atoms with Gasteiger partial charge in [-0.2, -0.15) is 0 Å². The third-order valence-electron chi connectivity index (χ3n) is 1.54. The highest BCUT2D eigenvalue weighted by atomic mass is 16.6. The lowest BCUT2D eigenvalue weighted by atomic mass is 9.96. The Labute approximate surface area is 67.6 Å². The predicted molar refractivity (Wildman–Crippen MR) is 44.4 cm³/mol. The average Bonchev–Trinajstić information content (AvgIpc) is 1.86. The summed E-state index contributed by atoms with van der Waals surface area (Å²) in [6.07, 6.45) is 0. The van der Waals surface area contributed by atoms with Crippen molar-refractivity contribution in [3.8, 4) is 0 Å². The van der Waals surface area contributed by atoms with Gasteiger partial charge < -0.3 is 9.16 Å². The van der Waals surface area contributed by atoms with E-state index < -0.39 is 0 Å². The van der Waals surface area contributed by atoms with E-state index in [1.54, 1.807) is 0 Å². The Morgan fingerprint density at radius 2 is 2.27 bits per heavy atom. The van der Waals surface area contributed by atoms with Crippen molar-refractivity contribution in [3.05, 3.63) is 12.2 Å². The molecule has 0 saturated carbocycles. The molecular weight excluding hydrogens is 140 g/mol. The van der Waals surface area contributed by atoms with E-state index in [4.69, 9.17) is 9.16 Å². The number of esters is 1. The maximum Gasteiger partial charge on any atom is 0.514 e. The van der Waals surface area contributed by atoms with E-state index >= 15 is 0 Å². The van der Waals surface area contributed by atoms with Gasteiger partial charge in [0.05, 0.1) is 11.0 Å². The first-order valence-corrected chi connectivity index (χ1v) is 3.80. The maximum atomic E-state index is 5.35. The van der Waals surface area contributed by atoms with Crippen LogP contribution in [0.15, 0.2) is 12.2 Å². The summed E-state index contributed by atoms with van der Waals surface area (Å²) in [5.74, 6) is 0.601. The Hall–Kier alpha value is -0.790. The summed E-state index contributed by atoms with van der Waals surface area (Å²) >= 11 is 0. The van der Waals surface area contributed by atoms with Crippen LogP contribution >= 0.6 is 0 Å². The van der Waals surface area contributed by atoms with Gasteiger partial charge in [-0.15, -0.1) is 0 Å². The van der Waals surface area contributed by atoms with Crippen LogP contribution in [-0.4, -0.2) is 19.2 Å². The minimum Gasteiger partial charge on any atom is -0.317 e.